The Balaban J connectivity index is 2.18. The van der Waals surface area contributed by atoms with Crippen LogP contribution in [0.25, 0.3) is 0 Å². The van der Waals surface area contributed by atoms with Gasteiger partial charge in [-0.15, -0.1) is 0 Å². The van der Waals surface area contributed by atoms with E-state index in [2.05, 4.69) is 49.1 Å². The molecule has 1 saturated heterocycles. The number of nitrogens with zero attached hydrogens (tertiary/aromatic N) is 1. The van der Waals surface area contributed by atoms with Gasteiger partial charge < -0.3 is 4.90 Å². The molecule has 1 nitrogen and oxygen atoms in total. The van der Waals surface area contributed by atoms with E-state index in [0.717, 1.165) is 12.0 Å². The van der Waals surface area contributed by atoms with Gasteiger partial charge in [-0.25, -0.2) is 0 Å². The third kappa shape index (κ3) is 2.34. The predicted octanol–water partition coefficient (Wildman–Crippen LogP) is 3.70. The zero-order chi connectivity index (χ0) is 10.7. The maximum atomic E-state index is 2.59. The third-order valence-electron chi connectivity index (χ3n) is 3.41. The van der Waals surface area contributed by atoms with E-state index in [-0.39, 0.29) is 0 Å². The molecule has 1 unspecified atom stereocenters. The molecule has 2 rings (SSSR count). The first-order valence-corrected chi connectivity index (χ1v) is 6.10. The summed E-state index contributed by atoms with van der Waals surface area (Å²) in [7, 11) is 0. The van der Waals surface area contributed by atoms with Crippen molar-refractivity contribution in [1.82, 2.24) is 0 Å². The van der Waals surface area contributed by atoms with E-state index in [1.165, 1.54) is 31.5 Å². The van der Waals surface area contributed by atoms with Crippen LogP contribution in [0, 0.1) is 5.92 Å². The first kappa shape index (κ1) is 10.5. The molecule has 1 aromatic carbocycles. The lowest BCUT2D eigenvalue weighted by atomic mass is 9.92. The van der Waals surface area contributed by atoms with E-state index in [4.69, 9.17) is 0 Å². The molecule has 0 aromatic heterocycles. The van der Waals surface area contributed by atoms with Gasteiger partial charge >= 0.3 is 0 Å². The smallest absolute Gasteiger partial charge is 0.0368 e. The van der Waals surface area contributed by atoms with Crippen molar-refractivity contribution in [3.8, 4) is 0 Å². The molecule has 0 bridgehead atoms. The number of para-hydroxylation sites is 1. The van der Waals surface area contributed by atoms with Crippen molar-refractivity contribution in [3.63, 3.8) is 0 Å². The van der Waals surface area contributed by atoms with Crippen LogP contribution in [0.3, 0.4) is 0 Å². The Morgan fingerprint density at radius 3 is 2.53 bits per heavy atom. The molecule has 1 aromatic rings. The minimum atomic E-state index is 0.737. The lowest BCUT2D eigenvalue weighted by Gasteiger charge is -2.40. The molecule has 15 heavy (non-hydrogen) atoms. The molecule has 1 aliphatic rings. The molecular weight excluding hydrogens is 182 g/mol. The summed E-state index contributed by atoms with van der Waals surface area (Å²) in [6.07, 6.45) is 4.09. The monoisotopic (exact) mass is 203 g/mol. The number of hydrogen-bond acceptors (Lipinski definition) is 1. The summed E-state index contributed by atoms with van der Waals surface area (Å²) in [4.78, 5) is 2.59. The van der Waals surface area contributed by atoms with Crippen molar-refractivity contribution in [1.29, 1.82) is 0 Å². The van der Waals surface area contributed by atoms with E-state index in [0.29, 0.717) is 0 Å². The summed E-state index contributed by atoms with van der Waals surface area (Å²) < 4.78 is 0. The number of rotatable bonds is 2. The van der Waals surface area contributed by atoms with E-state index < -0.39 is 0 Å². The Bertz CT molecular complexity index is 291. The number of piperidine rings is 1. The highest BCUT2D eigenvalue weighted by atomic mass is 15.2. The lowest BCUT2D eigenvalue weighted by molar-refractivity contribution is 0.375. The molecule has 1 heterocycles. The Morgan fingerprint density at radius 1 is 1.13 bits per heavy atom. The molecule has 0 saturated carbocycles. The number of hydrogen-bond donors (Lipinski definition) is 0. The van der Waals surface area contributed by atoms with Crippen molar-refractivity contribution in [3.05, 3.63) is 30.3 Å². The average Bonchev–Trinajstić information content (AvgIpc) is 2.30. The summed E-state index contributed by atoms with van der Waals surface area (Å²) in [6.45, 7) is 5.91. The van der Waals surface area contributed by atoms with Gasteiger partial charge in [0, 0.05) is 18.3 Å². The van der Waals surface area contributed by atoms with Crippen LogP contribution in [0.15, 0.2) is 30.3 Å². The highest BCUT2D eigenvalue weighted by Gasteiger charge is 2.24. The second-order valence-electron chi connectivity index (χ2n) is 4.84. The quantitative estimate of drug-likeness (QED) is 0.708. The largest absolute Gasteiger partial charge is 0.368 e. The standard InChI is InChI=1S/C14H21N/c1-12(2)14-10-6-7-11-15(14)13-8-4-3-5-9-13/h3-5,8-9,12,14H,6-7,10-11H2,1-2H3. The van der Waals surface area contributed by atoms with Crippen LogP contribution in [0.4, 0.5) is 5.69 Å². The second-order valence-corrected chi connectivity index (χ2v) is 4.84. The van der Waals surface area contributed by atoms with Crippen molar-refractivity contribution in [2.75, 3.05) is 11.4 Å². The van der Waals surface area contributed by atoms with Gasteiger partial charge in [-0.2, -0.15) is 0 Å². The molecule has 1 fully saturated rings. The van der Waals surface area contributed by atoms with Crippen LogP contribution in [-0.2, 0) is 0 Å². The average molecular weight is 203 g/mol. The molecule has 0 N–H and O–H groups in total. The topological polar surface area (TPSA) is 3.24 Å². The van der Waals surface area contributed by atoms with E-state index >= 15 is 0 Å². The molecule has 0 radical (unpaired) electrons. The fraction of sp³-hybridized carbons (Fsp3) is 0.571. The minimum Gasteiger partial charge on any atom is -0.368 e. The molecule has 82 valence electrons. The predicted molar refractivity (Wildman–Crippen MR) is 66.3 cm³/mol. The fourth-order valence-electron chi connectivity index (χ4n) is 2.59. The molecule has 0 amide bonds. The number of anilines is 1. The number of benzene rings is 1. The minimum absolute atomic E-state index is 0.737. The first-order chi connectivity index (χ1) is 7.29. The molecule has 1 heteroatoms. The Kier molecular flexibility index (Phi) is 3.30. The van der Waals surface area contributed by atoms with Crippen LogP contribution in [0.5, 0.6) is 0 Å². The van der Waals surface area contributed by atoms with Crippen molar-refractivity contribution in [2.45, 2.75) is 39.2 Å². The molecule has 1 atom stereocenters. The second kappa shape index (κ2) is 4.69. The normalized spacial score (nSPS) is 22.1. The van der Waals surface area contributed by atoms with Gasteiger partial charge in [0.1, 0.15) is 0 Å². The highest BCUT2D eigenvalue weighted by Crippen LogP contribution is 2.28. The SMILES string of the molecule is CC(C)C1CCCCN1c1ccccc1. The molecule has 0 aliphatic carbocycles. The van der Waals surface area contributed by atoms with E-state index in [1.807, 2.05) is 0 Å². The highest BCUT2D eigenvalue weighted by molar-refractivity contribution is 5.47. The summed E-state index contributed by atoms with van der Waals surface area (Å²) >= 11 is 0. The summed E-state index contributed by atoms with van der Waals surface area (Å²) in [5.74, 6) is 0.755. The lowest BCUT2D eigenvalue weighted by Crippen LogP contribution is -2.42. The van der Waals surface area contributed by atoms with Crippen molar-refractivity contribution >= 4 is 5.69 Å². The zero-order valence-electron chi connectivity index (χ0n) is 9.82. The van der Waals surface area contributed by atoms with Crippen LogP contribution < -0.4 is 4.90 Å². The maximum Gasteiger partial charge on any atom is 0.0368 e. The molecule has 1 aliphatic heterocycles. The van der Waals surface area contributed by atoms with E-state index in [9.17, 15) is 0 Å². The Hall–Kier alpha value is -0.980. The first-order valence-electron chi connectivity index (χ1n) is 6.10. The van der Waals surface area contributed by atoms with Gasteiger partial charge in [0.15, 0.2) is 0 Å². The van der Waals surface area contributed by atoms with Gasteiger partial charge in [-0.3, -0.25) is 0 Å². The summed E-state index contributed by atoms with van der Waals surface area (Å²) in [6, 6.07) is 11.6. The fourth-order valence-corrected chi connectivity index (χ4v) is 2.59. The van der Waals surface area contributed by atoms with Gasteiger partial charge in [0.05, 0.1) is 0 Å². The summed E-state index contributed by atoms with van der Waals surface area (Å²) in [5, 5.41) is 0. The van der Waals surface area contributed by atoms with Gasteiger partial charge in [0.2, 0.25) is 0 Å². The van der Waals surface area contributed by atoms with E-state index in [1.54, 1.807) is 0 Å². The van der Waals surface area contributed by atoms with Crippen LogP contribution in [0.2, 0.25) is 0 Å². The Labute approximate surface area is 93.1 Å². The maximum absolute atomic E-state index is 2.59. The van der Waals surface area contributed by atoms with Gasteiger partial charge in [-0.1, -0.05) is 32.0 Å². The van der Waals surface area contributed by atoms with Crippen LogP contribution in [-0.4, -0.2) is 12.6 Å². The molecule has 0 spiro atoms. The summed E-state index contributed by atoms with van der Waals surface area (Å²) in [5.41, 5.74) is 1.40. The van der Waals surface area contributed by atoms with Gasteiger partial charge in [0.25, 0.3) is 0 Å². The zero-order valence-corrected chi connectivity index (χ0v) is 9.82. The van der Waals surface area contributed by atoms with Crippen molar-refractivity contribution in [2.24, 2.45) is 5.92 Å². The van der Waals surface area contributed by atoms with Gasteiger partial charge in [-0.05, 0) is 37.3 Å². The van der Waals surface area contributed by atoms with Crippen LogP contribution in [0.1, 0.15) is 33.1 Å². The van der Waals surface area contributed by atoms with Crippen LogP contribution >= 0.6 is 0 Å². The Morgan fingerprint density at radius 2 is 1.87 bits per heavy atom. The third-order valence-corrected chi connectivity index (χ3v) is 3.41. The molecular formula is C14H21N. The van der Waals surface area contributed by atoms with Crippen molar-refractivity contribution < 1.29 is 0 Å².